The van der Waals surface area contributed by atoms with E-state index < -0.39 is 16.8 Å². The Morgan fingerprint density at radius 1 is 1.14 bits per heavy atom. The van der Waals surface area contributed by atoms with Crippen LogP contribution in [0.3, 0.4) is 0 Å². The SMILES string of the molecule is Cc1nc(NC(=O)c2ccccc2NC(=O)CCCCCC(=O)O)sc1[N+](=O)[O-]. The van der Waals surface area contributed by atoms with Gasteiger partial charge in [0.1, 0.15) is 5.69 Å². The average Bonchev–Trinajstić information content (AvgIpc) is 3.02. The summed E-state index contributed by atoms with van der Waals surface area (Å²) >= 11 is 0.757. The fraction of sp³-hybridized carbons (Fsp3) is 0.333. The number of carbonyl (C=O) groups excluding carboxylic acids is 2. The molecule has 1 heterocycles. The number of rotatable bonds is 10. The number of benzene rings is 1. The predicted octanol–water partition coefficient (Wildman–Crippen LogP) is 3.59. The van der Waals surface area contributed by atoms with E-state index in [1.807, 2.05) is 0 Å². The summed E-state index contributed by atoms with van der Waals surface area (Å²) in [5.74, 6) is -1.71. The Morgan fingerprint density at radius 3 is 2.48 bits per heavy atom. The van der Waals surface area contributed by atoms with Crippen molar-refractivity contribution in [3.8, 4) is 0 Å². The van der Waals surface area contributed by atoms with Crippen LogP contribution in [0.15, 0.2) is 24.3 Å². The summed E-state index contributed by atoms with van der Waals surface area (Å²) in [4.78, 5) is 49.5. The molecule has 0 aliphatic heterocycles. The molecule has 2 aromatic rings. The minimum atomic E-state index is -0.866. The number of carbonyl (C=O) groups is 3. The summed E-state index contributed by atoms with van der Waals surface area (Å²) < 4.78 is 0. The third-order valence-electron chi connectivity index (χ3n) is 3.90. The van der Waals surface area contributed by atoms with Gasteiger partial charge in [0.15, 0.2) is 5.13 Å². The zero-order valence-corrected chi connectivity index (χ0v) is 16.5. The first-order chi connectivity index (χ1) is 13.8. The molecule has 0 unspecified atom stereocenters. The van der Waals surface area contributed by atoms with Gasteiger partial charge < -0.3 is 10.4 Å². The number of para-hydroxylation sites is 1. The fourth-order valence-electron chi connectivity index (χ4n) is 2.52. The summed E-state index contributed by atoms with van der Waals surface area (Å²) in [6, 6.07) is 6.39. The lowest BCUT2D eigenvalue weighted by molar-refractivity contribution is -0.380. The van der Waals surface area contributed by atoms with Crippen LogP contribution in [-0.4, -0.2) is 32.8 Å². The van der Waals surface area contributed by atoms with Crippen LogP contribution >= 0.6 is 11.3 Å². The van der Waals surface area contributed by atoms with Crippen molar-refractivity contribution < 1.29 is 24.4 Å². The number of amides is 2. The highest BCUT2D eigenvalue weighted by Gasteiger charge is 2.20. The van der Waals surface area contributed by atoms with Crippen molar-refractivity contribution in [3.05, 3.63) is 45.6 Å². The maximum Gasteiger partial charge on any atom is 0.348 e. The number of unbranched alkanes of at least 4 members (excludes halogenated alkanes) is 2. The van der Waals surface area contributed by atoms with Gasteiger partial charge in [-0.25, -0.2) is 4.98 Å². The van der Waals surface area contributed by atoms with E-state index in [4.69, 9.17) is 5.11 Å². The highest BCUT2D eigenvalue weighted by Crippen LogP contribution is 2.30. The molecule has 10 nitrogen and oxygen atoms in total. The zero-order chi connectivity index (χ0) is 21.4. The van der Waals surface area contributed by atoms with Crippen molar-refractivity contribution in [1.82, 2.24) is 4.98 Å². The van der Waals surface area contributed by atoms with Crippen LogP contribution in [0.4, 0.5) is 15.8 Å². The first kappa shape index (κ1) is 22.0. The molecule has 0 saturated carbocycles. The number of nitro groups is 1. The normalized spacial score (nSPS) is 10.4. The van der Waals surface area contributed by atoms with Gasteiger partial charge in [-0.2, -0.15) is 0 Å². The summed E-state index contributed by atoms with van der Waals surface area (Å²) in [6.45, 7) is 1.48. The maximum absolute atomic E-state index is 12.5. The maximum atomic E-state index is 12.5. The average molecular weight is 420 g/mol. The molecule has 0 aliphatic carbocycles. The monoisotopic (exact) mass is 420 g/mol. The van der Waals surface area contributed by atoms with Gasteiger partial charge in [0, 0.05) is 12.8 Å². The van der Waals surface area contributed by atoms with Crippen LogP contribution in [0.25, 0.3) is 0 Å². The number of aryl methyl sites for hydroxylation is 1. The third kappa shape index (κ3) is 6.64. The van der Waals surface area contributed by atoms with Gasteiger partial charge in [-0.3, -0.25) is 29.8 Å². The number of hydrogen-bond donors (Lipinski definition) is 3. The number of anilines is 2. The van der Waals surface area contributed by atoms with Crippen LogP contribution < -0.4 is 10.6 Å². The Balaban J connectivity index is 1.97. The predicted molar refractivity (Wildman–Crippen MR) is 107 cm³/mol. The Labute approximate surface area is 170 Å². The van der Waals surface area contributed by atoms with Crippen LogP contribution in [0, 0.1) is 17.0 Å². The molecule has 2 amide bonds. The number of hydrogen-bond acceptors (Lipinski definition) is 7. The highest BCUT2D eigenvalue weighted by molar-refractivity contribution is 7.19. The lowest BCUT2D eigenvalue weighted by Crippen LogP contribution is -2.18. The molecule has 0 radical (unpaired) electrons. The summed E-state index contributed by atoms with van der Waals surface area (Å²) in [5.41, 5.74) is 0.713. The van der Waals surface area contributed by atoms with Crippen LogP contribution in [0.5, 0.6) is 0 Å². The van der Waals surface area contributed by atoms with E-state index in [1.54, 1.807) is 18.2 Å². The molecule has 3 N–H and O–H groups in total. The Kier molecular flexibility index (Phi) is 7.78. The van der Waals surface area contributed by atoms with Gasteiger partial charge in [0.05, 0.1) is 16.2 Å². The molecule has 0 bridgehead atoms. The van der Waals surface area contributed by atoms with E-state index in [-0.39, 0.29) is 40.1 Å². The Hall–Kier alpha value is -3.34. The van der Waals surface area contributed by atoms with Crippen LogP contribution in [0.2, 0.25) is 0 Å². The first-order valence-electron chi connectivity index (χ1n) is 8.81. The minimum absolute atomic E-state index is 0.0685. The number of nitrogens with zero attached hydrogens (tertiary/aromatic N) is 2. The third-order valence-corrected chi connectivity index (χ3v) is 4.92. The van der Waals surface area contributed by atoms with Crippen molar-refractivity contribution in [2.24, 2.45) is 0 Å². The molecule has 0 fully saturated rings. The molecule has 0 atom stereocenters. The van der Waals surface area contributed by atoms with Crippen molar-refractivity contribution in [3.63, 3.8) is 0 Å². The number of aliphatic carboxylic acids is 1. The summed E-state index contributed by atoms with van der Waals surface area (Å²) in [5, 5.41) is 24.6. The Morgan fingerprint density at radius 2 is 1.83 bits per heavy atom. The second-order valence-corrected chi connectivity index (χ2v) is 7.15. The molecule has 2 rings (SSSR count). The van der Waals surface area contributed by atoms with Gasteiger partial charge in [0.2, 0.25) is 5.91 Å². The molecule has 1 aromatic carbocycles. The van der Waals surface area contributed by atoms with E-state index >= 15 is 0 Å². The van der Waals surface area contributed by atoms with Gasteiger partial charge >= 0.3 is 11.0 Å². The van der Waals surface area contributed by atoms with E-state index in [0.29, 0.717) is 24.9 Å². The molecule has 0 spiro atoms. The van der Waals surface area contributed by atoms with Crippen molar-refractivity contribution in [2.75, 3.05) is 10.6 Å². The summed E-state index contributed by atoms with van der Waals surface area (Å²) in [6.07, 6.45) is 1.92. The van der Waals surface area contributed by atoms with E-state index in [1.165, 1.54) is 13.0 Å². The quantitative estimate of drug-likeness (QED) is 0.302. The fourth-order valence-corrected chi connectivity index (χ4v) is 3.29. The van der Waals surface area contributed by atoms with Crippen molar-refractivity contribution in [2.45, 2.75) is 39.0 Å². The highest BCUT2D eigenvalue weighted by atomic mass is 32.1. The van der Waals surface area contributed by atoms with Gasteiger partial charge in [-0.1, -0.05) is 18.6 Å². The second kappa shape index (κ2) is 10.3. The molecule has 29 heavy (non-hydrogen) atoms. The number of carboxylic acids is 1. The molecule has 0 aliphatic rings. The second-order valence-electron chi connectivity index (χ2n) is 6.17. The van der Waals surface area contributed by atoms with Gasteiger partial charge in [-0.15, -0.1) is 0 Å². The smallest absolute Gasteiger partial charge is 0.348 e. The van der Waals surface area contributed by atoms with Crippen LogP contribution in [-0.2, 0) is 9.59 Å². The van der Waals surface area contributed by atoms with E-state index in [0.717, 1.165) is 11.3 Å². The van der Waals surface area contributed by atoms with E-state index in [9.17, 15) is 24.5 Å². The number of thiazole rings is 1. The molecule has 154 valence electrons. The van der Waals surface area contributed by atoms with Gasteiger partial charge in [0.25, 0.3) is 5.91 Å². The van der Waals surface area contributed by atoms with Crippen LogP contribution in [0.1, 0.15) is 48.2 Å². The molecule has 0 saturated heterocycles. The lowest BCUT2D eigenvalue weighted by Gasteiger charge is -2.10. The zero-order valence-electron chi connectivity index (χ0n) is 15.6. The number of aromatic nitrogens is 1. The minimum Gasteiger partial charge on any atom is -0.481 e. The standard InChI is InChI=1S/C18H20N4O6S/c1-11-17(22(27)28)29-18(19-11)21-16(26)12-7-5-6-8-13(12)20-14(23)9-3-2-4-10-15(24)25/h5-8H,2-4,9-10H2,1H3,(H,20,23)(H,24,25)(H,19,21,26). The van der Waals surface area contributed by atoms with Crippen molar-refractivity contribution in [1.29, 1.82) is 0 Å². The number of carboxylic acid groups (broad SMARTS) is 1. The molecule has 1 aromatic heterocycles. The summed E-state index contributed by atoms with van der Waals surface area (Å²) in [7, 11) is 0. The molecular weight excluding hydrogens is 400 g/mol. The topological polar surface area (TPSA) is 152 Å². The first-order valence-corrected chi connectivity index (χ1v) is 9.63. The Bertz CT molecular complexity index is 927. The van der Waals surface area contributed by atoms with E-state index in [2.05, 4.69) is 15.6 Å². The lowest BCUT2D eigenvalue weighted by atomic mass is 10.1. The molecule has 11 heteroatoms. The van der Waals surface area contributed by atoms with Crippen molar-refractivity contribution >= 4 is 44.9 Å². The van der Waals surface area contributed by atoms with Gasteiger partial charge in [-0.05, 0) is 43.2 Å². The largest absolute Gasteiger partial charge is 0.481 e. The number of nitrogens with one attached hydrogen (secondary N) is 2. The molecular formula is C18H20N4O6S.